The number of hydrogen-bond donors (Lipinski definition) is 1. The molecule has 3 aromatic rings. The zero-order chi connectivity index (χ0) is 21.1. The second-order valence-corrected chi connectivity index (χ2v) is 6.96. The molecule has 0 atom stereocenters. The Kier molecular flexibility index (Phi) is 5.34. The lowest BCUT2D eigenvalue weighted by Crippen LogP contribution is -2.32. The van der Waals surface area contributed by atoms with E-state index in [2.05, 4.69) is 10.3 Å². The van der Waals surface area contributed by atoms with Crippen LogP contribution >= 0.6 is 0 Å². The second-order valence-electron chi connectivity index (χ2n) is 6.96. The SMILES string of the molecule is COc1cc(C(=O)Nc2ccc(N3CCN(c4ccccc4)C3=O)nc2)ccc1C. The van der Waals surface area contributed by atoms with Crippen LogP contribution in [-0.2, 0) is 0 Å². The van der Waals surface area contributed by atoms with Gasteiger partial charge in [-0.3, -0.25) is 14.6 Å². The third kappa shape index (κ3) is 3.82. The molecular formula is C23H22N4O3. The van der Waals surface area contributed by atoms with E-state index in [9.17, 15) is 9.59 Å². The van der Waals surface area contributed by atoms with Crippen LogP contribution in [0.4, 0.5) is 22.0 Å². The Hall–Kier alpha value is -3.87. The molecule has 0 spiro atoms. The maximum atomic E-state index is 12.8. The third-order valence-electron chi connectivity index (χ3n) is 5.03. The van der Waals surface area contributed by atoms with Crippen LogP contribution in [-0.4, -0.2) is 37.1 Å². The van der Waals surface area contributed by atoms with Gasteiger partial charge >= 0.3 is 6.03 Å². The molecule has 0 saturated carbocycles. The van der Waals surface area contributed by atoms with E-state index in [4.69, 9.17) is 4.74 Å². The van der Waals surface area contributed by atoms with Gasteiger partial charge in [-0.25, -0.2) is 9.78 Å². The highest BCUT2D eigenvalue weighted by atomic mass is 16.5. The quantitative estimate of drug-likeness (QED) is 0.697. The van der Waals surface area contributed by atoms with Crippen molar-refractivity contribution in [3.8, 4) is 5.75 Å². The van der Waals surface area contributed by atoms with E-state index in [1.807, 2.05) is 43.3 Å². The van der Waals surface area contributed by atoms with E-state index in [-0.39, 0.29) is 11.9 Å². The van der Waals surface area contributed by atoms with Crippen LogP contribution in [0, 0.1) is 6.92 Å². The zero-order valence-corrected chi connectivity index (χ0v) is 16.8. The molecule has 7 heteroatoms. The van der Waals surface area contributed by atoms with E-state index < -0.39 is 0 Å². The summed E-state index contributed by atoms with van der Waals surface area (Å²) in [6, 6.07) is 18.2. The number of nitrogens with zero attached hydrogens (tertiary/aromatic N) is 3. The molecule has 30 heavy (non-hydrogen) atoms. The summed E-state index contributed by atoms with van der Waals surface area (Å²) < 4.78 is 5.28. The number of carbonyl (C=O) groups excluding carboxylic acids is 2. The van der Waals surface area contributed by atoms with Gasteiger partial charge in [0.2, 0.25) is 0 Å². The van der Waals surface area contributed by atoms with Gasteiger partial charge in [0, 0.05) is 24.3 Å². The number of aromatic nitrogens is 1. The van der Waals surface area contributed by atoms with Gasteiger partial charge in [0.25, 0.3) is 5.91 Å². The number of aryl methyl sites for hydroxylation is 1. The minimum atomic E-state index is -0.254. The summed E-state index contributed by atoms with van der Waals surface area (Å²) in [5.41, 5.74) is 2.87. The molecule has 1 aliphatic heterocycles. The molecule has 7 nitrogen and oxygen atoms in total. The molecule has 2 heterocycles. The number of rotatable bonds is 5. The monoisotopic (exact) mass is 402 g/mol. The average Bonchev–Trinajstić information content (AvgIpc) is 3.16. The molecule has 1 aromatic heterocycles. The predicted molar refractivity (Wildman–Crippen MR) is 116 cm³/mol. The molecule has 1 N–H and O–H groups in total. The molecule has 1 fully saturated rings. The standard InChI is InChI=1S/C23H22N4O3/c1-16-8-9-17(14-20(16)30-2)22(28)25-18-10-11-21(24-15-18)27-13-12-26(23(27)29)19-6-4-3-5-7-19/h3-11,14-15H,12-13H2,1-2H3,(H,25,28). The van der Waals surface area contributed by atoms with Gasteiger partial charge in [0.15, 0.2) is 0 Å². The Morgan fingerprint density at radius 3 is 2.50 bits per heavy atom. The van der Waals surface area contributed by atoms with Gasteiger partial charge < -0.3 is 10.1 Å². The van der Waals surface area contributed by atoms with Gasteiger partial charge in [0.05, 0.1) is 19.0 Å². The lowest BCUT2D eigenvalue weighted by atomic mass is 10.1. The first-order valence-corrected chi connectivity index (χ1v) is 9.63. The van der Waals surface area contributed by atoms with Crippen LogP contribution in [0.5, 0.6) is 5.75 Å². The van der Waals surface area contributed by atoms with Crippen molar-refractivity contribution < 1.29 is 14.3 Å². The Bertz CT molecular complexity index is 1070. The number of urea groups is 1. The van der Waals surface area contributed by atoms with Gasteiger partial charge in [0.1, 0.15) is 11.6 Å². The number of methoxy groups -OCH3 is 1. The van der Waals surface area contributed by atoms with Gasteiger partial charge in [-0.05, 0) is 48.9 Å². The number of carbonyl (C=O) groups is 2. The fraction of sp³-hybridized carbons (Fsp3) is 0.174. The maximum absolute atomic E-state index is 12.8. The number of hydrogen-bond acceptors (Lipinski definition) is 4. The minimum Gasteiger partial charge on any atom is -0.496 e. The fourth-order valence-corrected chi connectivity index (χ4v) is 3.38. The molecule has 1 aliphatic rings. The Balaban J connectivity index is 1.44. The summed E-state index contributed by atoms with van der Waals surface area (Å²) in [6.07, 6.45) is 1.55. The van der Waals surface area contributed by atoms with Crippen LogP contribution in [0.25, 0.3) is 0 Å². The first kappa shape index (κ1) is 19.4. The fourth-order valence-electron chi connectivity index (χ4n) is 3.38. The number of amides is 3. The molecule has 2 aromatic carbocycles. The number of nitrogens with one attached hydrogen (secondary N) is 1. The lowest BCUT2D eigenvalue weighted by Gasteiger charge is -2.18. The molecule has 1 saturated heterocycles. The number of benzene rings is 2. The Morgan fingerprint density at radius 2 is 1.80 bits per heavy atom. The normalized spacial score (nSPS) is 13.5. The van der Waals surface area contributed by atoms with Crippen molar-refractivity contribution in [2.24, 2.45) is 0 Å². The molecule has 0 aliphatic carbocycles. The van der Waals surface area contributed by atoms with Crippen LogP contribution in [0.15, 0.2) is 66.9 Å². The molecule has 3 amide bonds. The van der Waals surface area contributed by atoms with Crippen molar-refractivity contribution >= 4 is 29.1 Å². The highest BCUT2D eigenvalue weighted by molar-refractivity contribution is 6.06. The third-order valence-corrected chi connectivity index (χ3v) is 5.03. The van der Waals surface area contributed by atoms with Crippen molar-refractivity contribution in [1.82, 2.24) is 4.98 Å². The summed E-state index contributed by atoms with van der Waals surface area (Å²) in [4.78, 5) is 33.0. The van der Waals surface area contributed by atoms with Crippen molar-refractivity contribution in [1.29, 1.82) is 0 Å². The smallest absolute Gasteiger partial charge is 0.330 e. The van der Waals surface area contributed by atoms with Gasteiger partial charge in [-0.15, -0.1) is 0 Å². The summed E-state index contributed by atoms with van der Waals surface area (Å²) in [5, 5.41) is 2.82. The summed E-state index contributed by atoms with van der Waals surface area (Å²) in [5.74, 6) is 0.954. The van der Waals surface area contributed by atoms with E-state index in [0.717, 1.165) is 11.3 Å². The topological polar surface area (TPSA) is 74.8 Å². The van der Waals surface area contributed by atoms with Crippen LogP contribution in [0.1, 0.15) is 15.9 Å². The number of ether oxygens (including phenoxy) is 1. The molecule has 4 rings (SSSR count). The number of pyridine rings is 1. The summed E-state index contributed by atoms with van der Waals surface area (Å²) >= 11 is 0. The molecule has 0 radical (unpaired) electrons. The van der Waals surface area contributed by atoms with E-state index in [1.165, 1.54) is 0 Å². The molecule has 0 unspecified atom stereocenters. The van der Waals surface area contributed by atoms with Crippen molar-refractivity contribution in [2.75, 3.05) is 35.3 Å². The highest BCUT2D eigenvalue weighted by Gasteiger charge is 2.31. The van der Waals surface area contributed by atoms with E-state index in [0.29, 0.717) is 35.9 Å². The summed E-state index contributed by atoms with van der Waals surface area (Å²) in [6.45, 7) is 3.07. The number of anilines is 3. The Morgan fingerprint density at radius 1 is 1.03 bits per heavy atom. The molecule has 0 bridgehead atoms. The Labute approximate surface area is 174 Å². The highest BCUT2D eigenvalue weighted by Crippen LogP contribution is 2.25. The van der Waals surface area contributed by atoms with Gasteiger partial charge in [-0.2, -0.15) is 0 Å². The molecular weight excluding hydrogens is 380 g/mol. The first-order valence-electron chi connectivity index (χ1n) is 9.63. The average molecular weight is 402 g/mol. The van der Waals surface area contributed by atoms with E-state index in [1.54, 1.807) is 47.4 Å². The van der Waals surface area contributed by atoms with Crippen molar-refractivity contribution in [3.63, 3.8) is 0 Å². The van der Waals surface area contributed by atoms with Crippen LogP contribution < -0.4 is 19.9 Å². The lowest BCUT2D eigenvalue weighted by molar-refractivity contribution is 0.102. The van der Waals surface area contributed by atoms with E-state index >= 15 is 0 Å². The zero-order valence-electron chi connectivity index (χ0n) is 16.8. The largest absolute Gasteiger partial charge is 0.496 e. The summed E-state index contributed by atoms with van der Waals surface area (Å²) in [7, 11) is 1.57. The number of para-hydroxylation sites is 1. The van der Waals surface area contributed by atoms with Crippen molar-refractivity contribution in [3.05, 3.63) is 78.0 Å². The van der Waals surface area contributed by atoms with Gasteiger partial charge in [-0.1, -0.05) is 24.3 Å². The second kappa shape index (κ2) is 8.24. The van der Waals surface area contributed by atoms with Crippen LogP contribution in [0.3, 0.4) is 0 Å². The van der Waals surface area contributed by atoms with Crippen molar-refractivity contribution in [2.45, 2.75) is 6.92 Å². The molecule has 152 valence electrons. The predicted octanol–water partition coefficient (Wildman–Crippen LogP) is 4.10. The first-order chi connectivity index (χ1) is 14.6. The minimum absolute atomic E-state index is 0.114. The van der Waals surface area contributed by atoms with Crippen LogP contribution in [0.2, 0.25) is 0 Å². The maximum Gasteiger partial charge on any atom is 0.330 e.